The van der Waals surface area contributed by atoms with Crippen molar-refractivity contribution in [3.63, 3.8) is 0 Å². The number of halogens is 1. The lowest BCUT2D eigenvalue weighted by Crippen LogP contribution is -2.32. The lowest BCUT2D eigenvalue weighted by atomic mass is 9.95. The van der Waals surface area contributed by atoms with Crippen LogP contribution in [0.3, 0.4) is 0 Å². The minimum atomic E-state index is -0.519. The van der Waals surface area contributed by atoms with Crippen LogP contribution in [0.5, 0.6) is 5.75 Å². The fourth-order valence-electron chi connectivity index (χ4n) is 2.83. The highest BCUT2D eigenvalue weighted by Gasteiger charge is 2.24. The van der Waals surface area contributed by atoms with Crippen LogP contribution in [-0.2, 0) is 4.79 Å². The van der Waals surface area contributed by atoms with E-state index in [1.54, 1.807) is 18.3 Å². The number of aromatic nitrogens is 1. The number of carbonyl (C=O) groups excluding carboxylic acids is 1. The summed E-state index contributed by atoms with van der Waals surface area (Å²) in [7, 11) is 0. The molecule has 0 unspecified atom stereocenters. The lowest BCUT2D eigenvalue weighted by molar-refractivity contribution is -0.124. The average molecular weight is 369 g/mol. The molecule has 0 aliphatic heterocycles. The van der Waals surface area contributed by atoms with E-state index in [0.717, 1.165) is 11.1 Å². The number of pyridine rings is 1. The largest absolute Gasteiger partial charge is 0.505 e. The van der Waals surface area contributed by atoms with Crippen molar-refractivity contribution in [2.24, 2.45) is 5.92 Å². The highest BCUT2D eigenvalue weighted by Crippen LogP contribution is 2.38. The Hall–Kier alpha value is -2.59. The summed E-state index contributed by atoms with van der Waals surface area (Å²) < 4.78 is 0. The SMILES string of the molecule is Cc1ccc([C@H](NC(=O)C(C)C)c2cc(Cl)c3cccnc3c2O)cc1. The quantitative estimate of drug-likeness (QED) is 0.697. The van der Waals surface area contributed by atoms with Gasteiger partial charge in [-0.3, -0.25) is 9.78 Å². The Labute approximate surface area is 157 Å². The zero-order valence-electron chi connectivity index (χ0n) is 15.0. The van der Waals surface area contributed by atoms with Gasteiger partial charge in [0.25, 0.3) is 0 Å². The summed E-state index contributed by atoms with van der Waals surface area (Å²) in [6.45, 7) is 5.66. The van der Waals surface area contributed by atoms with Gasteiger partial charge in [-0.05, 0) is 30.7 Å². The molecule has 5 heteroatoms. The summed E-state index contributed by atoms with van der Waals surface area (Å²) in [5.41, 5.74) is 2.93. The number of hydrogen-bond donors (Lipinski definition) is 2. The molecule has 3 aromatic rings. The molecule has 2 N–H and O–H groups in total. The monoisotopic (exact) mass is 368 g/mol. The molecule has 1 atom stereocenters. The molecule has 1 aromatic heterocycles. The van der Waals surface area contributed by atoms with Crippen molar-refractivity contribution in [2.45, 2.75) is 26.8 Å². The van der Waals surface area contributed by atoms with Gasteiger partial charge < -0.3 is 10.4 Å². The molecule has 0 radical (unpaired) electrons. The lowest BCUT2D eigenvalue weighted by Gasteiger charge is -2.23. The first-order chi connectivity index (χ1) is 12.4. The summed E-state index contributed by atoms with van der Waals surface area (Å²) in [6.07, 6.45) is 1.61. The number of aryl methyl sites for hydroxylation is 1. The number of rotatable bonds is 4. The van der Waals surface area contributed by atoms with E-state index in [1.165, 1.54) is 0 Å². The Kier molecular flexibility index (Phi) is 5.14. The second kappa shape index (κ2) is 7.34. The van der Waals surface area contributed by atoms with Crippen LogP contribution in [0.25, 0.3) is 10.9 Å². The van der Waals surface area contributed by atoms with E-state index in [1.807, 2.05) is 51.1 Å². The molecule has 1 amide bonds. The zero-order valence-corrected chi connectivity index (χ0v) is 15.7. The van der Waals surface area contributed by atoms with Gasteiger partial charge >= 0.3 is 0 Å². The van der Waals surface area contributed by atoms with Crippen molar-refractivity contribution < 1.29 is 9.90 Å². The topological polar surface area (TPSA) is 62.2 Å². The van der Waals surface area contributed by atoms with Crippen molar-refractivity contribution in [3.8, 4) is 5.75 Å². The molecular formula is C21H21ClN2O2. The minimum Gasteiger partial charge on any atom is -0.505 e. The van der Waals surface area contributed by atoms with Crippen LogP contribution in [0.4, 0.5) is 0 Å². The number of carbonyl (C=O) groups is 1. The zero-order chi connectivity index (χ0) is 18.8. The van der Waals surface area contributed by atoms with Crippen molar-refractivity contribution in [3.05, 3.63) is 70.4 Å². The van der Waals surface area contributed by atoms with E-state index in [4.69, 9.17) is 11.6 Å². The molecule has 26 heavy (non-hydrogen) atoms. The second-order valence-electron chi connectivity index (χ2n) is 6.70. The number of phenols is 1. The van der Waals surface area contributed by atoms with Crippen LogP contribution in [0.1, 0.15) is 36.6 Å². The van der Waals surface area contributed by atoms with Gasteiger partial charge in [-0.25, -0.2) is 0 Å². The maximum atomic E-state index is 12.4. The van der Waals surface area contributed by atoms with Crippen LogP contribution in [0, 0.1) is 12.8 Å². The fourth-order valence-corrected chi connectivity index (χ4v) is 3.10. The number of phenolic OH excluding ortho intramolecular Hbond substituents is 1. The predicted octanol–water partition coefficient (Wildman–Crippen LogP) is 4.76. The van der Waals surface area contributed by atoms with E-state index in [9.17, 15) is 9.90 Å². The summed E-state index contributed by atoms with van der Waals surface area (Å²) in [5, 5.41) is 15.0. The average Bonchev–Trinajstić information content (AvgIpc) is 2.63. The standard InChI is InChI=1S/C21H21ClN2O2/c1-12(2)21(26)24-18(14-8-6-13(3)7-9-14)16-11-17(22)15-5-4-10-23-19(15)20(16)25/h4-12,18,25H,1-3H3,(H,24,26)/t18-/m0/s1. The highest BCUT2D eigenvalue weighted by atomic mass is 35.5. The minimum absolute atomic E-state index is 0.0274. The third-order valence-electron chi connectivity index (χ3n) is 4.38. The van der Waals surface area contributed by atoms with Gasteiger partial charge in [-0.15, -0.1) is 0 Å². The first kappa shape index (κ1) is 18.2. The van der Waals surface area contributed by atoms with Crippen molar-refractivity contribution >= 4 is 28.4 Å². The molecule has 3 rings (SSSR count). The molecule has 0 saturated heterocycles. The van der Waals surface area contributed by atoms with Crippen LogP contribution in [0.15, 0.2) is 48.7 Å². The van der Waals surface area contributed by atoms with Gasteiger partial charge in [0, 0.05) is 23.1 Å². The molecule has 134 valence electrons. The maximum Gasteiger partial charge on any atom is 0.223 e. The Bertz CT molecular complexity index is 952. The number of hydrogen-bond acceptors (Lipinski definition) is 3. The number of aromatic hydroxyl groups is 1. The Balaban J connectivity index is 2.18. The smallest absolute Gasteiger partial charge is 0.223 e. The van der Waals surface area contributed by atoms with Crippen LogP contribution < -0.4 is 5.32 Å². The molecule has 1 heterocycles. The van der Waals surface area contributed by atoms with Crippen LogP contribution in [0.2, 0.25) is 5.02 Å². The molecule has 0 bridgehead atoms. The molecule has 0 aliphatic rings. The molecule has 4 nitrogen and oxygen atoms in total. The number of amides is 1. The number of benzene rings is 2. The number of fused-ring (bicyclic) bond motifs is 1. The van der Waals surface area contributed by atoms with E-state index >= 15 is 0 Å². The summed E-state index contributed by atoms with van der Waals surface area (Å²) >= 11 is 6.43. The third-order valence-corrected chi connectivity index (χ3v) is 4.69. The van der Waals surface area contributed by atoms with Crippen molar-refractivity contribution in [1.29, 1.82) is 0 Å². The highest BCUT2D eigenvalue weighted by molar-refractivity contribution is 6.35. The van der Waals surface area contributed by atoms with E-state index < -0.39 is 6.04 Å². The molecule has 0 spiro atoms. The third kappa shape index (κ3) is 3.51. The summed E-state index contributed by atoms with van der Waals surface area (Å²) in [4.78, 5) is 16.6. The predicted molar refractivity (Wildman–Crippen MR) is 104 cm³/mol. The fraction of sp³-hybridized carbons (Fsp3) is 0.238. The maximum absolute atomic E-state index is 12.4. The van der Waals surface area contributed by atoms with Gasteiger partial charge in [0.1, 0.15) is 11.3 Å². The van der Waals surface area contributed by atoms with E-state index in [2.05, 4.69) is 10.3 Å². The van der Waals surface area contributed by atoms with Gasteiger partial charge in [-0.1, -0.05) is 55.3 Å². The van der Waals surface area contributed by atoms with E-state index in [-0.39, 0.29) is 17.6 Å². The molecule has 0 saturated carbocycles. The van der Waals surface area contributed by atoms with Crippen molar-refractivity contribution in [1.82, 2.24) is 10.3 Å². The van der Waals surface area contributed by atoms with Gasteiger partial charge in [0.15, 0.2) is 0 Å². The van der Waals surface area contributed by atoms with Crippen molar-refractivity contribution in [2.75, 3.05) is 0 Å². The first-order valence-electron chi connectivity index (χ1n) is 8.51. The number of nitrogens with one attached hydrogen (secondary N) is 1. The van der Waals surface area contributed by atoms with Gasteiger partial charge in [0.2, 0.25) is 5.91 Å². The normalized spacial score (nSPS) is 12.3. The first-order valence-corrected chi connectivity index (χ1v) is 8.89. The van der Waals surface area contributed by atoms with E-state index in [0.29, 0.717) is 21.5 Å². The Morgan fingerprint density at radius 2 is 1.88 bits per heavy atom. The molecule has 0 fully saturated rings. The van der Waals surface area contributed by atoms with Crippen LogP contribution in [-0.4, -0.2) is 16.0 Å². The number of nitrogens with zero attached hydrogens (tertiary/aromatic N) is 1. The van der Waals surface area contributed by atoms with Crippen LogP contribution >= 0.6 is 11.6 Å². The molecular weight excluding hydrogens is 348 g/mol. The summed E-state index contributed by atoms with van der Waals surface area (Å²) in [5.74, 6) is -0.258. The molecule has 2 aromatic carbocycles. The molecule has 0 aliphatic carbocycles. The Morgan fingerprint density at radius 1 is 1.19 bits per heavy atom. The van der Waals surface area contributed by atoms with Gasteiger partial charge in [0.05, 0.1) is 11.1 Å². The van der Waals surface area contributed by atoms with Gasteiger partial charge in [-0.2, -0.15) is 0 Å². The Morgan fingerprint density at radius 3 is 2.54 bits per heavy atom. The summed E-state index contributed by atoms with van der Waals surface area (Å²) in [6, 6.07) is 12.6. The second-order valence-corrected chi connectivity index (χ2v) is 7.11.